The summed E-state index contributed by atoms with van der Waals surface area (Å²) < 4.78 is 34.9. The number of anilines is 1. The first-order valence-corrected chi connectivity index (χ1v) is 11.9. The maximum Gasteiger partial charge on any atom is 0.234 e. The van der Waals surface area contributed by atoms with Crippen LogP contribution in [0.2, 0.25) is 0 Å². The van der Waals surface area contributed by atoms with E-state index in [4.69, 9.17) is 4.74 Å². The normalized spacial score (nSPS) is 13.0. The van der Waals surface area contributed by atoms with E-state index in [1.165, 1.54) is 24.0 Å². The van der Waals surface area contributed by atoms with E-state index in [-0.39, 0.29) is 22.5 Å². The van der Waals surface area contributed by atoms with Crippen molar-refractivity contribution in [3.63, 3.8) is 0 Å². The number of carbonyl (C=O) groups is 1. The lowest BCUT2D eigenvalue weighted by Gasteiger charge is -2.16. The highest BCUT2D eigenvalue weighted by molar-refractivity contribution is 9.10. The zero-order valence-corrected chi connectivity index (χ0v) is 19.7. The van der Waals surface area contributed by atoms with Crippen LogP contribution < -0.4 is 10.1 Å². The van der Waals surface area contributed by atoms with Gasteiger partial charge in [0, 0.05) is 17.6 Å². The number of carbonyl (C=O) groups excluding carboxylic acids is 1. The number of hydrogen-bond donors (Lipinski definition) is 1. The maximum atomic E-state index is 13.9. The van der Waals surface area contributed by atoms with E-state index in [1.807, 2.05) is 6.07 Å². The summed E-state index contributed by atoms with van der Waals surface area (Å²) in [6, 6.07) is 8.00. The Morgan fingerprint density at radius 1 is 1.19 bits per heavy atom. The Morgan fingerprint density at radius 2 is 1.97 bits per heavy atom. The molecule has 0 aliphatic heterocycles. The van der Waals surface area contributed by atoms with E-state index in [1.54, 1.807) is 11.6 Å². The van der Waals surface area contributed by atoms with Gasteiger partial charge in [-0.05, 0) is 70.9 Å². The fraction of sp³-hybridized carbons (Fsp3) is 0.318. The molecule has 6 nitrogen and oxygen atoms in total. The summed E-state index contributed by atoms with van der Waals surface area (Å²) in [6.45, 7) is 0.253. The average molecular weight is 523 g/mol. The van der Waals surface area contributed by atoms with Crippen molar-refractivity contribution < 1.29 is 18.3 Å². The molecule has 0 spiro atoms. The second-order valence-corrected chi connectivity index (χ2v) is 9.26. The van der Waals surface area contributed by atoms with Gasteiger partial charge in [0.1, 0.15) is 18.2 Å². The smallest absolute Gasteiger partial charge is 0.234 e. The first-order valence-electron chi connectivity index (χ1n) is 10.1. The molecular formula is C22H21BrF2N4O2S. The van der Waals surface area contributed by atoms with Gasteiger partial charge in [-0.25, -0.2) is 8.78 Å². The van der Waals surface area contributed by atoms with Gasteiger partial charge in [-0.15, -0.1) is 10.2 Å². The number of nitrogens with one attached hydrogen (secondary N) is 1. The first kappa shape index (κ1) is 22.7. The molecule has 1 aliphatic rings. The number of halogens is 3. The van der Waals surface area contributed by atoms with Crippen molar-refractivity contribution in [2.45, 2.75) is 37.4 Å². The molecule has 1 N–H and O–H groups in total. The molecule has 1 aliphatic carbocycles. The summed E-state index contributed by atoms with van der Waals surface area (Å²) in [6.07, 6.45) is 4.65. The Kier molecular flexibility index (Phi) is 7.10. The number of nitrogens with zero attached hydrogens (tertiary/aromatic N) is 3. The van der Waals surface area contributed by atoms with Crippen LogP contribution in [-0.2, 0) is 31.3 Å². The molecule has 10 heteroatoms. The number of ether oxygens (including phenoxy) is 1. The third kappa shape index (κ3) is 5.29. The van der Waals surface area contributed by atoms with E-state index < -0.39 is 17.5 Å². The number of benzene rings is 2. The van der Waals surface area contributed by atoms with Gasteiger partial charge < -0.3 is 14.6 Å². The second kappa shape index (κ2) is 9.99. The molecule has 32 heavy (non-hydrogen) atoms. The zero-order valence-electron chi connectivity index (χ0n) is 17.3. The minimum absolute atomic E-state index is 0.0130. The lowest BCUT2D eigenvalue weighted by atomic mass is 9.92. The predicted octanol–water partition coefficient (Wildman–Crippen LogP) is 5.04. The summed E-state index contributed by atoms with van der Waals surface area (Å²) in [5.41, 5.74) is 2.64. The highest BCUT2D eigenvalue weighted by Gasteiger charge is 2.16. The molecule has 1 heterocycles. The molecule has 0 fully saturated rings. The van der Waals surface area contributed by atoms with Crippen molar-refractivity contribution in [1.82, 2.24) is 14.8 Å². The van der Waals surface area contributed by atoms with Crippen molar-refractivity contribution in [3.8, 4) is 5.75 Å². The molecule has 3 aromatic rings. The third-order valence-corrected chi connectivity index (χ3v) is 6.86. The van der Waals surface area contributed by atoms with Crippen LogP contribution in [0, 0.1) is 11.6 Å². The van der Waals surface area contributed by atoms with Crippen molar-refractivity contribution in [2.75, 3.05) is 11.1 Å². The summed E-state index contributed by atoms with van der Waals surface area (Å²) in [4.78, 5) is 12.2. The van der Waals surface area contributed by atoms with Gasteiger partial charge in [0.2, 0.25) is 5.91 Å². The fourth-order valence-corrected chi connectivity index (χ4v) is 4.75. The molecule has 0 atom stereocenters. The van der Waals surface area contributed by atoms with Crippen LogP contribution in [-0.4, -0.2) is 26.4 Å². The van der Waals surface area contributed by atoms with Gasteiger partial charge in [-0.2, -0.15) is 0 Å². The predicted molar refractivity (Wildman–Crippen MR) is 122 cm³/mol. The molecule has 0 saturated heterocycles. The number of hydrogen-bond acceptors (Lipinski definition) is 5. The van der Waals surface area contributed by atoms with E-state index >= 15 is 0 Å². The fourth-order valence-electron chi connectivity index (χ4n) is 3.51. The molecule has 0 bridgehead atoms. The van der Waals surface area contributed by atoms with Crippen LogP contribution in [0.4, 0.5) is 14.5 Å². The highest BCUT2D eigenvalue weighted by Crippen LogP contribution is 2.28. The van der Waals surface area contributed by atoms with E-state index in [0.717, 1.165) is 36.4 Å². The summed E-state index contributed by atoms with van der Waals surface area (Å²) in [5.74, 6) is -0.620. The number of thioether (sulfide) groups is 1. The highest BCUT2D eigenvalue weighted by atomic mass is 79.9. The Morgan fingerprint density at radius 3 is 2.75 bits per heavy atom. The Hall–Kier alpha value is -2.46. The number of aryl methyl sites for hydroxylation is 2. The Labute approximate surface area is 196 Å². The van der Waals surface area contributed by atoms with Gasteiger partial charge in [-0.1, -0.05) is 17.8 Å². The van der Waals surface area contributed by atoms with Crippen LogP contribution in [0.5, 0.6) is 5.75 Å². The minimum atomic E-state index is -0.851. The lowest BCUT2D eigenvalue weighted by Crippen LogP contribution is -2.16. The molecule has 0 unspecified atom stereocenters. The topological polar surface area (TPSA) is 69.0 Å². The molecule has 168 valence electrons. The SMILES string of the molecule is Cn1c(COc2ccc3c(c2)CCCC3)nnc1SCC(=O)Nc1c(F)cc(F)cc1Br. The van der Waals surface area contributed by atoms with Crippen molar-refractivity contribution >= 4 is 39.3 Å². The van der Waals surface area contributed by atoms with E-state index in [0.29, 0.717) is 17.0 Å². The number of fused-ring (bicyclic) bond motifs is 1. The van der Waals surface area contributed by atoms with E-state index in [9.17, 15) is 13.6 Å². The van der Waals surface area contributed by atoms with Gasteiger partial charge in [0.15, 0.2) is 16.8 Å². The van der Waals surface area contributed by atoms with Gasteiger partial charge in [-0.3, -0.25) is 4.79 Å². The molecular weight excluding hydrogens is 502 g/mol. The van der Waals surface area contributed by atoms with Crippen LogP contribution >= 0.6 is 27.7 Å². The third-order valence-electron chi connectivity index (χ3n) is 5.22. The lowest BCUT2D eigenvalue weighted by molar-refractivity contribution is -0.113. The average Bonchev–Trinajstić information content (AvgIpc) is 3.12. The second-order valence-electron chi connectivity index (χ2n) is 7.47. The Balaban J connectivity index is 1.32. The van der Waals surface area contributed by atoms with Crippen LogP contribution in [0.3, 0.4) is 0 Å². The number of aromatic nitrogens is 3. The number of rotatable bonds is 7. The van der Waals surface area contributed by atoms with Gasteiger partial charge in [0.25, 0.3) is 0 Å². The summed E-state index contributed by atoms with van der Waals surface area (Å²) in [5, 5.41) is 11.2. The van der Waals surface area contributed by atoms with Gasteiger partial charge in [0.05, 0.1) is 11.4 Å². The largest absolute Gasteiger partial charge is 0.486 e. The quantitative estimate of drug-likeness (QED) is 0.440. The minimum Gasteiger partial charge on any atom is -0.486 e. The molecule has 0 saturated carbocycles. The van der Waals surface area contributed by atoms with Crippen molar-refractivity contribution in [3.05, 3.63) is 63.4 Å². The first-order chi connectivity index (χ1) is 15.4. The van der Waals surface area contributed by atoms with Crippen molar-refractivity contribution in [2.24, 2.45) is 7.05 Å². The van der Waals surface area contributed by atoms with Crippen LogP contribution in [0.25, 0.3) is 0 Å². The van der Waals surface area contributed by atoms with Crippen LogP contribution in [0.15, 0.2) is 40.0 Å². The molecule has 1 amide bonds. The molecule has 0 radical (unpaired) electrons. The number of amides is 1. The maximum absolute atomic E-state index is 13.9. The summed E-state index contributed by atoms with van der Waals surface area (Å²) >= 11 is 4.21. The Bertz CT molecular complexity index is 1130. The summed E-state index contributed by atoms with van der Waals surface area (Å²) in [7, 11) is 1.79. The van der Waals surface area contributed by atoms with Crippen molar-refractivity contribution in [1.29, 1.82) is 0 Å². The van der Waals surface area contributed by atoms with E-state index in [2.05, 4.69) is 43.6 Å². The molecule has 1 aromatic heterocycles. The molecule has 4 rings (SSSR count). The zero-order chi connectivity index (χ0) is 22.7. The standard InChI is InChI=1S/C22H21BrF2N4O2S/c1-29-19(11-31-16-7-6-13-4-2-3-5-14(13)8-16)27-28-22(29)32-12-20(30)26-21-17(23)9-15(24)10-18(21)25/h6-10H,2-5,11-12H2,1H3,(H,26,30). The monoisotopic (exact) mass is 522 g/mol. The van der Waals surface area contributed by atoms with Crippen LogP contribution in [0.1, 0.15) is 29.8 Å². The molecule has 2 aromatic carbocycles. The van der Waals surface area contributed by atoms with Gasteiger partial charge >= 0.3 is 0 Å².